The lowest BCUT2D eigenvalue weighted by Gasteiger charge is -2.01. The summed E-state index contributed by atoms with van der Waals surface area (Å²) in [4.78, 5) is 15.0. The molecule has 0 aliphatic heterocycles. The molecule has 2 aromatic rings. The van der Waals surface area contributed by atoms with Crippen LogP contribution in [0.5, 0.6) is 0 Å². The van der Waals surface area contributed by atoms with Gasteiger partial charge in [0, 0.05) is 6.07 Å². The number of nitrogens with zero attached hydrogens (tertiary/aromatic N) is 3. The standard InChI is InChI=1S/C9H8N4O/c1-2-9(14)12-7-5-10-8-3-4-11-13(8)6-7/h2-6H,1H2,(H,12,14). The van der Waals surface area contributed by atoms with Crippen molar-refractivity contribution in [1.82, 2.24) is 14.6 Å². The highest BCUT2D eigenvalue weighted by Crippen LogP contribution is 2.06. The van der Waals surface area contributed by atoms with Gasteiger partial charge in [0.1, 0.15) is 0 Å². The summed E-state index contributed by atoms with van der Waals surface area (Å²) in [5.74, 6) is -0.265. The molecule has 14 heavy (non-hydrogen) atoms. The van der Waals surface area contributed by atoms with Gasteiger partial charge in [0.15, 0.2) is 5.65 Å². The number of rotatable bonds is 2. The molecule has 1 amide bonds. The second kappa shape index (κ2) is 3.29. The van der Waals surface area contributed by atoms with Crippen molar-refractivity contribution in [1.29, 1.82) is 0 Å². The Bertz CT molecular complexity index is 488. The molecule has 0 radical (unpaired) electrons. The van der Waals surface area contributed by atoms with Gasteiger partial charge in [0.25, 0.3) is 0 Å². The van der Waals surface area contributed by atoms with E-state index in [1.54, 1.807) is 29.2 Å². The van der Waals surface area contributed by atoms with Gasteiger partial charge in [-0.2, -0.15) is 5.10 Å². The number of amides is 1. The molecule has 5 nitrogen and oxygen atoms in total. The number of fused-ring (bicyclic) bond motifs is 1. The average Bonchev–Trinajstić information content (AvgIpc) is 2.64. The average molecular weight is 188 g/mol. The van der Waals surface area contributed by atoms with Crippen LogP contribution in [-0.2, 0) is 4.79 Å². The van der Waals surface area contributed by atoms with Gasteiger partial charge >= 0.3 is 0 Å². The van der Waals surface area contributed by atoms with E-state index in [0.717, 1.165) is 5.65 Å². The first-order valence-electron chi connectivity index (χ1n) is 4.02. The molecule has 2 aromatic heterocycles. The number of carbonyl (C=O) groups excluding carboxylic acids is 1. The largest absolute Gasteiger partial charge is 0.320 e. The molecular formula is C9H8N4O. The lowest BCUT2D eigenvalue weighted by molar-refractivity contribution is -0.111. The Morgan fingerprint density at radius 2 is 2.50 bits per heavy atom. The first-order chi connectivity index (χ1) is 6.79. The van der Waals surface area contributed by atoms with Crippen LogP contribution < -0.4 is 5.32 Å². The maximum Gasteiger partial charge on any atom is 0.247 e. The summed E-state index contributed by atoms with van der Waals surface area (Å²) in [5.41, 5.74) is 1.33. The fourth-order valence-corrected chi connectivity index (χ4v) is 1.07. The highest BCUT2D eigenvalue weighted by molar-refractivity contribution is 5.98. The van der Waals surface area contributed by atoms with Crippen molar-refractivity contribution in [3.8, 4) is 0 Å². The van der Waals surface area contributed by atoms with Crippen molar-refractivity contribution in [3.05, 3.63) is 37.3 Å². The van der Waals surface area contributed by atoms with E-state index in [0.29, 0.717) is 5.69 Å². The van der Waals surface area contributed by atoms with Crippen LogP contribution in [0.2, 0.25) is 0 Å². The zero-order chi connectivity index (χ0) is 9.97. The normalized spacial score (nSPS) is 10.0. The molecule has 5 heteroatoms. The Balaban J connectivity index is 2.34. The van der Waals surface area contributed by atoms with Crippen LogP contribution in [0.1, 0.15) is 0 Å². The van der Waals surface area contributed by atoms with E-state index in [2.05, 4.69) is 22.0 Å². The van der Waals surface area contributed by atoms with Crippen LogP contribution >= 0.6 is 0 Å². The Labute approximate surface area is 80.1 Å². The highest BCUT2D eigenvalue weighted by atomic mass is 16.1. The van der Waals surface area contributed by atoms with E-state index < -0.39 is 0 Å². The second-order valence-corrected chi connectivity index (χ2v) is 2.67. The highest BCUT2D eigenvalue weighted by Gasteiger charge is 1.99. The molecule has 0 unspecified atom stereocenters. The summed E-state index contributed by atoms with van der Waals surface area (Å²) >= 11 is 0. The van der Waals surface area contributed by atoms with Crippen LogP contribution in [0, 0.1) is 0 Å². The second-order valence-electron chi connectivity index (χ2n) is 2.67. The molecular weight excluding hydrogens is 180 g/mol. The minimum absolute atomic E-state index is 0.265. The van der Waals surface area contributed by atoms with Crippen LogP contribution in [0.3, 0.4) is 0 Å². The number of hydrogen-bond donors (Lipinski definition) is 1. The van der Waals surface area contributed by atoms with Crippen molar-refractivity contribution >= 4 is 17.2 Å². The molecule has 0 saturated carbocycles. The third-order valence-electron chi connectivity index (χ3n) is 1.70. The van der Waals surface area contributed by atoms with Gasteiger partial charge < -0.3 is 5.32 Å². The number of hydrogen-bond acceptors (Lipinski definition) is 3. The number of nitrogens with one attached hydrogen (secondary N) is 1. The Morgan fingerprint density at radius 3 is 3.29 bits per heavy atom. The number of anilines is 1. The van der Waals surface area contributed by atoms with Crippen molar-refractivity contribution in [2.24, 2.45) is 0 Å². The lowest BCUT2D eigenvalue weighted by atomic mass is 10.5. The predicted molar refractivity (Wildman–Crippen MR) is 51.8 cm³/mol. The van der Waals surface area contributed by atoms with E-state index >= 15 is 0 Å². The molecule has 1 N–H and O–H groups in total. The zero-order valence-electron chi connectivity index (χ0n) is 7.34. The van der Waals surface area contributed by atoms with Crippen LogP contribution in [0.15, 0.2) is 37.3 Å². The summed E-state index contributed by atoms with van der Waals surface area (Å²) in [6, 6.07) is 1.78. The lowest BCUT2D eigenvalue weighted by Crippen LogP contribution is -2.08. The quantitative estimate of drug-likeness (QED) is 0.711. The van der Waals surface area contributed by atoms with Gasteiger partial charge in [0.05, 0.1) is 24.3 Å². The Hall–Kier alpha value is -2.17. The molecule has 2 heterocycles. The fourth-order valence-electron chi connectivity index (χ4n) is 1.07. The molecule has 0 aromatic carbocycles. The Morgan fingerprint density at radius 1 is 1.64 bits per heavy atom. The summed E-state index contributed by atoms with van der Waals surface area (Å²) in [6.07, 6.45) is 6.09. The molecule has 70 valence electrons. The molecule has 0 saturated heterocycles. The van der Waals surface area contributed by atoms with Crippen molar-refractivity contribution < 1.29 is 4.79 Å². The maximum absolute atomic E-state index is 11.0. The van der Waals surface area contributed by atoms with Gasteiger partial charge in [-0.25, -0.2) is 9.50 Å². The van der Waals surface area contributed by atoms with E-state index in [4.69, 9.17) is 0 Å². The van der Waals surface area contributed by atoms with Crippen molar-refractivity contribution in [3.63, 3.8) is 0 Å². The molecule has 2 rings (SSSR count). The third-order valence-corrected chi connectivity index (χ3v) is 1.70. The summed E-state index contributed by atoms with van der Waals surface area (Å²) in [6.45, 7) is 3.35. The fraction of sp³-hybridized carbons (Fsp3) is 0. The van der Waals surface area contributed by atoms with Crippen LogP contribution in [-0.4, -0.2) is 20.5 Å². The van der Waals surface area contributed by atoms with Gasteiger partial charge in [-0.3, -0.25) is 4.79 Å². The van der Waals surface area contributed by atoms with Crippen molar-refractivity contribution in [2.45, 2.75) is 0 Å². The summed E-state index contributed by atoms with van der Waals surface area (Å²) in [7, 11) is 0. The Kier molecular flexibility index (Phi) is 1.98. The smallest absolute Gasteiger partial charge is 0.247 e. The molecule has 0 atom stereocenters. The number of carbonyl (C=O) groups is 1. The third kappa shape index (κ3) is 1.47. The van der Waals surface area contributed by atoms with Crippen LogP contribution in [0.25, 0.3) is 5.65 Å². The minimum atomic E-state index is -0.265. The zero-order valence-corrected chi connectivity index (χ0v) is 7.34. The monoisotopic (exact) mass is 188 g/mol. The van der Waals surface area contributed by atoms with Gasteiger partial charge in [-0.1, -0.05) is 6.58 Å². The first kappa shape index (κ1) is 8.43. The van der Waals surface area contributed by atoms with E-state index in [9.17, 15) is 4.79 Å². The maximum atomic E-state index is 11.0. The predicted octanol–water partition coefficient (Wildman–Crippen LogP) is 0.854. The minimum Gasteiger partial charge on any atom is -0.320 e. The topological polar surface area (TPSA) is 59.3 Å². The summed E-state index contributed by atoms with van der Waals surface area (Å²) in [5, 5.41) is 6.58. The molecule has 0 aliphatic carbocycles. The SMILES string of the molecule is C=CC(=O)Nc1cnc2ccnn2c1. The number of aromatic nitrogens is 3. The summed E-state index contributed by atoms with van der Waals surface area (Å²) < 4.78 is 1.58. The molecule has 0 aliphatic rings. The van der Waals surface area contributed by atoms with Crippen molar-refractivity contribution in [2.75, 3.05) is 5.32 Å². The van der Waals surface area contributed by atoms with Gasteiger partial charge in [-0.15, -0.1) is 0 Å². The molecule has 0 spiro atoms. The van der Waals surface area contributed by atoms with E-state index in [-0.39, 0.29) is 5.91 Å². The van der Waals surface area contributed by atoms with E-state index in [1.807, 2.05) is 0 Å². The first-order valence-corrected chi connectivity index (χ1v) is 4.02. The van der Waals surface area contributed by atoms with Gasteiger partial charge in [0.2, 0.25) is 5.91 Å². The van der Waals surface area contributed by atoms with E-state index in [1.165, 1.54) is 6.08 Å². The van der Waals surface area contributed by atoms with Gasteiger partial charge in [-0.05, 0) is 6.08 Å². The molecule has 0 fully saturated rings. The molecule has 0 bridgehead atoms. The van der Waals surface area contributed by atoms with Crippen LogP contribution in [0.4, 0.5) is 5.69 Å².